The van der Waals surface area contributed by atoms with Gasteiger partial charge >= 0.3 is 0 Å². The molecule has 3 saturated heterocycles. The van der Waals surface area contributed by atoms with Crippen LogP contribution in [0.15, 0.2) is 60.9 Å². The third kappa shape index (κ3) is 5.50. The van der Waals surface area contributed by atoms with Crippen molar-refractivity contribution in [2.45, 2.75) is 24.9 Å². The molecule has 0 amide bonds. The van der Waals surface area contributed by atoms with E-state index in [4.69, 9.17) is 15.9 Å². The number of nitrogen functional groups attached to an aromatic ring is 1. The number of nitrogens with two attached hydrogens (primary N) is 1. The first-order valence-electron chi connectivity index (χ1n) is 13.6. The highest BCUT2D eigenvalue weighted by molar-refractivity contribution is 6.16. The summed E-state index contributed by atoms with van der Waals surface area (Å²) in [5.41, 5.74) is 7.85. The highest BCUT2D eigenvalue weighted by atomic mass is 16.5. The van der Waals surface area contributed by atoms with Crippen LogP contribution in [0.1, 0.15) is 24.0 Å². The van der Waals surface area contributed by atoms with Crippen LogP contribution in [0.2, 0.25) is 0 Å². The van der Waals surface area contributed by atoms with Gasteiger partial charge in [0.25, 0.3) is 0 Å². The molecule has 4 heterocycles. The molecule has 0 spiro atoms. The van der Waals surface area contributed by atoms with E-state index < -0.39 is 0 Å². The smallest absolute Gasteiger partial charge is 0.141 e. The number of benzene rings is 2. The van der Waals surface area contributed by atoms with Crippen LogP contribution < -0.4 is 21.1 Å². The first-order chi connectivity index (χ1) is 18.6. The number of piperidine rings is 1. The van der Waals surface area contributed by atoms with E-state index >= 15 is 0 Å². The minimum Gasteiger partial charge on any atom is -0.457 e. The van der Waals surface area contributed by atoms with Crippen LogP contribution in [-0.4, -0.2) is 83.4 Å². The van der Waals surface area contributed by atoms with Gasteiger partial charge in [0, 0.05) is 63.5 Å². The molecule has 0 bridgehead atoms. The normalized spacial score (nSPS) is 19.5. The Bertz CT molecular complexity index is 1230. The summed E-state index contributed by atoms with van der Waals surface area (Å²) < 4.78 is 5.89. The van der Waals surface area contributed by atoms with E-state index in [0.717, 1.165) is 43.2 Å². The number of anilines is 2. The number of hydrogen-bond donors (Lipinski definition) is 4. The maximum absolute atomic E-state index is 8.91. The van der Waals surface area contributed by atoms with Gasteiger partial charge in [0.2, 0.25) is 0 Å². The lowest BCUT2D eigenvalue weighted by Crippen LogP contribution is -2.63. The molecule has 38 heavy (non-hydrogen) atoms. The third-order valence-electron chi connectivity index (χ3n) is 7.96. The van der Waals surface area contributed by atoms with E-state index in [1.807, 2.05) is 54.6 Å². The summed E-state index contributed by atoms with van der Waals surface area (Å²) in [4.78, 5) is 13.9. The molecule has 3 aliphatic rings. The minimum absolute atomic E-state index is 0.297. The van der Waals surface area contributed by atoms with Gasteiger partial charge in [-0.15, -0.1) is 0 Å². The van der Waals surface area contributed by atoms with Gasteiger partial charge in [-0.3, -0.25) is 15.2 Å². The number of hydrogen-bond acceptors (Lipinski definition) is 9. The molecule has 0 radical (unpaired) electrons. The zero-order valence-electron chi connectivity index (χ0n) is 21.6. The van der Waals surface area contributed by atoms with Gasteiger partial charge < -0.3 is 21.1 Å². The molecule has 6 rings (SSSR count). The Morgan fingerprint density at radius 3 is 2.39 bits per heavy atom. The fourth-order valence-corrected chi connectivity index (χ4v) is 5.58. The summed E-state index contributed by atoms with van der Waals surface area (Å²) in [7, 11) is 0. The molecule has 5 N–H and O–H groups in total. The molecule has 1 aromatic heterocycles. The van der Waals surface area contributed by atoms with Crippen molar-refractivity contribution in [1.29, 1.82) is 5.41 Å². The van der Waals surface area contributed by atoms with Gasteiger partial charge in [-0.1, -0.05) is 18.2 Å². The number of rotatable bonds is 9. The van der Waals surface area contributed by atoms with Crippen LogP contribution in [0.3, 0.4) is 0 Å². The van der Waals surface area contributed by atoms with E-state index in [1.165, 1.54) is 39.1 Å². The highest BCUT2D eigenvalue weighted by Gasteiger charge is 2.35. The Kier molecular flexibility index (Phi) is 7.22. The lowest BCUT2D eigenvalue weighted by molar-refractivity contribution is 0.00828. The summed E-state index contributed by atoms with van der Waals surface area (Å²) in [5.74, 6) is 3.28. The van der Waals surface area contributed by atoms with Crippen LogP contribution in [0.25, 0.3) is 0 Å². The number of para-hydroxylation sites is 1. The van der Waals surface area contributed by atoms with Crippen LogP contribution in [0.5, 0.6) is 11.5 Å². The molecule has 198 valence electrons. The van der Waals surface area contributed by atoms with Gasteiger partial charge in [-0.25, -0.2) is 9.97 Å². The lowest BCUT2D eigenvalue weighted by atomic mass is 9.96. The van der Waals surface area contributed by atoms with Gasteiger partial charge in [0.05, 0.1) is 11.3 Å². The highest BCUT2D eigenvalue weighted by Crippen LogP contribution is 2.28. The SMILES string of the molecule is N=C(c1ccc(Oc2ccccc2)cc1)c1c(N)ncnc1NC1CCN(C2CN(CC3CNC3)C2)CC1. The van der Waals surface area contributed by atoms with Crippen molar-refractivity contribution < 1.29 is 4.74 Å². The van der Waals surface area contributed by atoms with Crippen molar-refractivity contribution in [2.24, 2.45) is 5.92 Å². The Morgan fingerprint density at radius 1 is 1.00 bits per heavy atom. The summed E-state index contributed by atoms with van der Waals surface area (Å²) >= 11 is 0. The Labute approximate surface area is 223 Å². The van der Waals surface area contributed by atoms with Gasteiger partial charge in [-0.2, -0.15) is 0 Å². The van der Waals surface area contributed by atoms with Crippen molar-refractivity contribution in [2.75, 3.05) is 56.9 Å². The zero-order chi connectivity index (χ0) is 25.9. The van der Waals surface area contributed by atoms with Gasteiger partial charge in [0.15, 0.2) is 0 Å². The first-order valence-corrected chi connectivity index (χ1v) is 13.6. The van der Waals surface area contributed by atoms with E-state index in [9.17, 15) is 0 Å². The molecule has 0 unspecified atom stereocenters. The summed E-state index contributed by atoms with van der Waals surface area (Å²) in [6.07, 6.45) is 3.57. The fourth-order valence-electron chi connectivity index (χ4n) is 5.58. The number of likely N-dealkylation sites (tertiary alicyclic amines) is 2. The monoisotopic (exact) mass is 512 g/mol. The van der Waals surface area contributed by atoms with Crippen molar-refractivity contribution >= 4 is 17.3 Å². The zero-order valence-corrected chi connectivity index (χ0v) is 21.6. The fraction of sp³-hybridized carbons (Fsp3) is 0.414. The van der Waals surface area contributed by atoms with E-state index in [0.29, 0.717) is 40.7 Å². The molecule has 0 aliphatic carbocycles. The maximum Gasteiger partial charge on any atom is 0.141 e. The maximum atomic E-state index is 8.91. The molecule has 9 nitrogen and oxygen atoms in total. The average molecular weight is 513 g/mol. The molecule has 3 fully saturated rings. The Balaban J connectivity index is 1.05. The largest absolute Gasteiger partial charge is 0.457 e. The van der Waals surface area contributed by atoms with Crippen molar-refractivity contribution in [1.82, 2.24) is 25.1 Å². The second-order valence-corrected chi connectivity index (χ2v) is 10.6. The van der Waals surface area contributed by atoms with Gasteiger partial charge in [0.1, 0.15) is 29.5 Å². The standard InChI is InChI=1S/C29H36N8O/c30-27(21-6-8-25(9-7-21)38-24-4-2-1-3-5-24)26-28(31)33-19-34-29(26)35-22-10-12-37(13-11-22)23-17-36(18-23)16-20-14-32-15-20/h1-9,19-20,22-23,30,32H,10-18H2,(H3,31,33,34,35). The molecular weight excluding hydrogens is 476 g/mol. The Morgan fingerprint density at radius 2 is 1.71 bits per heavy atom. The van der Waals surface area contributed by atoms with Crippen molar-refractivity contribution in [3.8, 4) is 11.5 Å². The number of aromatic nitrogens is 2. The lowest BCUT2D eigenvalue weighted by Gasteiger charge is -2.49. The molecule has 0 atom stereocenters. The molecule has 3 aromatic rings. The van der Waals surface area contributed by atoms with Crippen molar-refractivity contribution in [3.63, 3.8) is 0 Å². The summed E-state index contributed by atoms with van der Waals surface area (Å²) in [5, 5.41) is 15.9. The molecule has 3 aliphatic heterocycles. The minimum atomic E-state index is 0.297. The topological polar surface area (TPSA) is 115 Å². The van der Waals surface area contributed by atoms with Crippen LogP contribution in [-0.2, 0) is 0 Å². The third-order valence-corrected chi connectivity index (χ3v) is 7.96. The second-order valence-electron chi connectivity index (χ2n) is 10.6. The number of nitrogens with one attached hydrogen (secondary N) is 3. The van der Waals surface area contributed by atoms with E-state index in [-0.39, 0.29) is 0 Å². The first kappa shape index (κ1) is 24.8. The molecular formula is C29H36N8O. The summed E-state index contributed by atoms with van der Waals surface area (Å²) in [6, 6.07) is 18.1. The molecule has 0 saturated carbocycles. The average Bonchev–Trinajstić information content (AvgIpc) is 2.88. The van der Waals surface area contributed by atoms with Crippen molar-refractivity contribution in [3.05, 3.63) is 72.1 Å². The predicted molar refractivity (Wildman–Crippen MR) is 150 cm³/mol. The van der Waals surface area contributed by atoms with Crippen LogP contribution in [0, 0.1) is 11.3 Å². The summed E-state index contributed by atoms with van der Waals surface area (Å²) in [6.45, 7) is 8.17. The quantitative estimate of drug-likeness (QED) is 0.324. The molecule has 9 heteroatoms. The number of nitrogens with zero attached hydrogens (tertiary/aromatic N) is 4. The van der Waals surface area contributed by atoms with Crippen LogP contribution in [0.4, 0.5) is 11.6 Å². The second kappa shape index (κ2) is 11.1. The van der Waals surface area contributed by atoms with Crippen LogP contribution >= 0.6 is 0 Å². The molecule has 2 aromatic carbocycles. The van der Waals surface area contributed by atoms with Gasteiger partial charge in [-0.05, 0) is 55.2 Å². The number of ether oxygens (including phenoxy) is 1. The van der Waals surface area contributed by atoms with E-state index in [1.54, 1.807) is 0 Å². The predicted octanol–water partition coefficient (Wildman–Crippen LogP) is 3.05. The Hall–Kier alpha value is -3.53. The van der Waals surface area contributed by atoms with E-state index in [2.05, 4.69) is 30.4 Å².